The first-order valence-electron chi connectivity index (χ1n) is 7.72. The maximum atomic E-state index is 12.3. The highest BCUT2D eigenvalue weighted by atomic mass is 32.1. The summed E-state index contributed by atoms with van der Waals surface area (Å²) in [5.74, 6) is -0.0938. The van der Waals surface area contributed by atoms with Crippen LogP contribution >= 0.6 is 11.3 Å². The average Bonchev–Trinajstić information content (AvgIpc) is 2.74. The summed E-state index contributed by atoms with van der Waals surface area (Å²) in [6.45, 7) is 7.85. The van der Waals surface area contributed by atoms with Crippen molar-refractivity contribution in [2.24, 2.45) is 5.92 Å². The summed E-state index contributed by atoms with van der Waals surface area (Å²) in [5.41, 5.74) is 1.61. The highest BCUT2D eigenvalue weighted by molar-refractivity contribution is 7.17. The zero-order chi connectivity index (χ0) is 16.3. The number of fused-ring (bicyclic) bond motifs is 1. The summed E-state index contributed by atoms with van der Waals surface area (Å²) in [6, 6.07) is 0. The molecule has 2 heterocycles. The van der Waals surface area contributed by atoms with E-state index in [4.69, 9.17) is 4.74 Å². The molecule has 0 atom stereocenters. The molecule has 1 aromatic rings. The molecule has 6 heteroatoms. The lowest BCUT2D eigenvalue weighted by Gasteiger charge is -2.22. The topological polar surface area (TPSA) is 58.6 Å². The number of anilines is 1. The van der Waals surface area contributed by atoms with Gasteiger partial charge in [0.25, 0.3) is 0 Å². The number of hydrogen-bond acceptors (Lipinski definition) is 5. The fraction of sp³-hybridized carbons (Fsp3) is 0.625. The van der Waals surface area contributed by atoms with Crippen molar-refractivity contribution in [1.82, 2.24) is 4.90 Å². The van der Waals surface area contributed by atoms with Gasteiger partial charge < -0.3 is 15.0 Å². The molecule has 0 fully saturated rings. The lowest BCUT2D eigenvalue weighted by atomic mass is 10.0. The molecule has 1 N–H and O–H groups in total. The van der Waals surface area contributed by atoms with Crippen molar-refractivity contribution in [3.8, 4) is 0 Å². The van der Waals surface area contributed by atoms with Crippen molar-refractivity contribution >= 4 is 28.2 Å². The fourth-order valence-corrected chi connectivity index (χ4v) is 3.92. The Kier molecular flexibility index (Phi) is 5.58. The first-order valence-corrected chi connectivity index (χ1v) is 8.54. The number of carbonyl (C=O) groups is 2. The second-order valence-electron chi connectivity index (χ2n) is 6.06. The Morgan fingerprint density at radius 1 is 1.41 bits per heavy atom. The molecule has 0 aliphatic carbocycles. The number of hydrogen-bond donors (Lipinski definition) is 1. The molecule has 0 spiro atoms. The van der Waals surface area contributed by atoms with Crippen LogP contribution in [0.3, 0.4) is 0 Å². The third-order valence-corrected chi connectivity index (χ3v) is 4.71. The molecule has 1 amide bonds. The Bertz CT molecular complexity index is 566. The molecule has 0 saturated heterocycles. The summed E-state index contributed by atoms with van der Waals surface area (Å²) in [7, 11) is 2.06. The molecule has 0 unspecified atom stereocenters. The van der Waals surface area contributed by atoms with Gasteiger partial charge in [-0.1, -0.05) is 13.8 Å². The van der Waals surface area contributed by atoms with Crippen LogP contribution < -0.4 is 5.32 Å². The van der Waals surface area contributed by atoms with Crippen LogP contribution in [0.2, 0.25) is 0 Å². The van der Waals surface area contributed by atoms with Gasteiger partial charge in [0.05, 0.1) is 12.2 Å². The molecule has 0 aromatic carbocycles. The zero-order valence-electron chi connectivity index (χ0n) is 13.7. The minimum Gasteiger partial charge on any atom is -0.462 e. The van der Waals surface area contributed by atoms with E-state index >= 15 is 0 Å². The number of esters is 1. The van der Waals surface area contributed by atoms with Crippen molar-refractivity contribution in [2.75, 3.05) is 25.5 Å². The van der Waals surface area contributed by atoms with E-state index in [9.17, 15) is 9.59 Å². The van der Waals surface area contributed by atoms with Gasteiger partial charge in [-0.25, -0.2) is 4.79 Å². The van der Waals surface area contributed by atoms with Crippen molar-refractivity contribution in [2.45, 2.75) is 40.2 Å². The summed E-state index contributed by atoms with van der Waals surface area (Å²) < 4.78 is 5.19. The van der Waals surface area contributed by atoms with Crippen LogP contribution in [0.5, 0.6) is 0 Å². The fourth-order valence-electron chi connectivity index (χ4n) is 2.59. The minimum absolute atomic E-state index is 0.0486. The van der Waals surface area contributed by atoms with Crippen LogP contribution in [0.1, 0.15) is 48.0 Å². The molecule has 22 heavy (non-hydrogen) atoms. The van der Waals surface area contributed by atoms with Gasteiger partial charge in [-0.3, -0.25) is 4.79 Å². The molecule has 2 rings (SSSR count). The lowest BCUT2D eigenvalue weighted by Crippen LogP contribution is -2.26. The molecule has 1 aliphatic rings. The van der Waals surface area contributed by atoms with E-state index in [-0.39, 0.29) is 17.8 Å². The van der Waals surface area contributed by atoms with E-state index in [1.807, 2.05) is 13.8 Å². The summed E-state index contributed by atoms with van der Waals surface area (Å²) in [5, 5.41) is 3.56. The monoisotopic (exact) mass is 324 g/mol. The molecule has 1 aromatic heterocycles. The van der Waals surface area contributed by atoms with Crippen molar-refractivity contribution < 1.29 is 14.3 Å². The maximum absolute atomic E-state index is 12.3. The number of ether oxygens (including phenoxy) is 1. The SMILES string of the molecule is CCOC(=O)c1c(NC(=O)CC(C)C)sc2c1CCN(C)C2. The van der Waals surface area contributed by atoms with E-state index in [0.29, 0.717) is 23.6 Å². The number of nitrogens with zero attached hydrogens (tertiary/aromatic N) is 1. The largest absolute Gasteiger partial charge is 0.462 e. The van der Waals surface area contributed by atoms with Crippen molar-refractivity contribution in [3.63, 3.8) is 0 Å². The molecule has 0 saturated carbocycles. The van der Waals surface area contributed by atoms with Gasteiger partial charge in [0.2, 0.25) is 5.91 Å². The van der Waals surface area contributed by atoms with E-state index in [1.54, 1.807) is 6.92 Å². The number of likely N-dealkylation sites (N-methyl/N-ethyl adjacent to an activating group) is 1. The van der Waals surface area contributed by atoms with Crippen LogP contribution in [0, 0.1) is 5.92 Å². The molecule has 122 valence electrons. The van der Waals surface area contributed by atoms with E-state index in [0.717, 1.165) is 30.0 Å². The van der Waals surface area contributed by atoms with E-state index in [2.05, 4.69) is 17.3 Å². The first-order chi connectivity index (χ1) is 10.4. The zero-order valence-corrected chi connectivity index (χ0v) is 14.5. The molecule has 5 nitrogen and oxygen atoms in total. The van der Waals surface area contributed by atoms with Crippen molar-refractivity contribution in [3.05, 3.63) is 16.0 Å². The Balaban J connectivity index is 2.31. The lowest BCUT2D eigenvalue weighted by molar-refractivity contribution is -0.116. The number of carbonyl (C=O) groups excluding carboxylic acids is 2. The number of rotatable bonds is 5. The predicted molar refractivity (Wildman–Crippen MR) is 88.4 cm³/mol. The van der Waals surface area contributed by atoms with Crippen LogP contribution in [0.4, 0.5) is 5.00 Å². The third kappa shape index (κ3) is 3.87. The van der Waals surface area contributed by atoms with Gasteiger partial charge in [0.1, 0.15) is 5.00 Å². The molecule has 0 bridgehead atoms. The normalized spacial score (nSPS) is 14.8. The van der Waals surface area contributed by atoms with Crippen LogP contribution in [0.25, 0.3) is 0 Å². The summed E-state index contributed by atoms with van der Waals surface area (Å²) in [4.78, 5) is 27.7. The summed E-state index contributed by atoms with van der Waals surface area (Å²) >= 11 is 1.50. The third-order valence-electron chi connectivity index (χ3n) is 3.57. The van der Waals surface area contributed by atoms with Crippen molar-refractivity contribution in [1.29, 1.82) is 0 Å². The van der Waals surface area contributed by atoms with Crippen LogP contribution in [0.15, 0.2) is 0 Å². The highest BCUT2D eigenvalue weighted by Gasteiger charge is 2.28. The van der Waals surface area contributed by atoms with Crippen LogP contribution in [-0.4, -0.2) is 37.0 Å². The van der Waals surface area contributed by atoms with Gasteiger partial charge in [-0.15, -0.1) is 11.3 Å². The van der Waals surface area contributed by atoms with Gasteiger partial charge in [0.15, 0.2) is 0 Å². The molecular formula is C16H24N2O3S. The van der Waals surface area contributed by atoms with E-state index in [1.165, 1.54) is 11.3 Å². The van der Waals surface area contributed by atoms with Gasteiger partial charge in [-0.2, -0.15) is 0 Å². The Hall–Kier alpha value is -1.40. The van der Waals surface area contributed by atoms with Gasteiger partial charge >= 0.3 is 5.97 Å². The maximum Gasteiger partial charge on any atom is 0.341 e. The van der Waals surface area contributed by atoms with E-state index < -0.39 is 0 Å². The average molecular weight is 324 g/mol. The molecule has 1 aliphatic heterocycles. The number of nitrogens with one attached hydrogen (secondary N) is 1. The standard InChI is InChI=1S/C16H24N2O3S/c1-5-21-16(20)14-11-6-7-18(4)9-12(11)22-15(14)17-13(19)8-10(2)3/h10H,5-9H2,1-4H3,(H,17,19). The number of thiophene rings is 1. The quantitative estimate of drug-likeness (QED) is 0.846. The van der Waals surface area contributed by atoms with Gasteiger partial charge in [-0.05, 0) is 31.9 Å². The highest BCUT2D eigenvalue weighted by Crippen LogP contribution is 2.37. The predicted octanol–water partition coefficient (Wildman–Crippen LogP) is 2.90. The second kappa shape index (κ2) is 7.24. The Morgan fingerprint density at radius 3 is 2.77 bits per heavy atom. The smallest absolute Gasteiger partial charge is 0.341 e. The molecular weight excluding hydrogens is 300 g/mol. The Morgan fingerprint density at radius 2 is 2.14 bits per heavy atom. The van der Waals surface area contributed by atoms with Crippen LogP contribution in [-0.2, 0) is 22.5 Å². The molecule has 0 radical (unpaired) electrons. The summed E-state index contributed by atoms with van der Waals surface area (Å²) in [6.07, 6.45) is 1.27. The second-order valence-corrected chi connectivity index (χ2v) is 7.17. The first kappa shape index (κ1) is 17.0. The number of amides is 1. The Labute approximate surface area is 135 Å². The van der Waals surface area contributed by atoms with Gasteiger partial charge in [0, 0.05) is 24.4 Å². The minimum atomic E-state index is -0.329.